The lowest BCUT2D eigenvalue weighted by Gasteiger charge is -2.10. The molecule has 0 saturated heterocycles. The van der Waals surface area contributed by atoms with Gasteiger partial charge >= 0.3 is 0 Å². The minimum Gasteiger partial charge on any atom is -0.491 e. The van der Waals surface area contributed by atoms with Crippen LogP contribution in [0.15, 0.2) is 18.2 Å². The number of aliphatic hydroxyl groups excluding tert-OH is 1. The van der Waals surface area contributed by atoms with E-state index in [0.717, 1.165) is 0 Å². The third-order valence-corrected chi connectivity index (χ3v) is 2.79. The smallest absolute Gasteiger partial charge is 0.165 e. The molecule has 0 aliphatic heterocycles. The molecule has 0 bridgehead atoms. The van der Waals surface area contributed by atoms with E-state index >= 15 is 0 Å². The fraction of sp³-hybridized carbons (Fsp3) is 0.600. The minimum absolute atomic E-state index is 0.0136. The summed E-state index contributed by atoms with van der Waals surface area (Å²) >= 11 is 0. The van der Waals surface area contributed by atoms with E-state index in [1.54, 1.807) is 19.1 Å². The second-order valence-electron chi connectivity index (χ2n) is 4.53. The fourth-order valence-corrected chi connectivity index (χ4v) is 1.77. The summed E-state index contributed by atoms with van der Waals surface area (Å²) in [5.74, 6) is -0.226. The lowest BCUT2D eigenvalue weighted by Crippen LogP contribution is -2.10. The highest BCUT2D eigenvalue weighted by atomic mass is 19.1. The maximum absolute atomic E-state index is 13.6. The van der Waals surface area contributed by atoms with Crippen molar-refractivity contribution in [1.82, 2.24) is 0 Å². The molecule has 1 rings (SSSR count). The molecule has 0 heterocycles. The average molecular weight is 288 g/mol. The van der Waals surface area contributed by atoms with Crippen LogP contribution in [0.2, 0.25) is 0 Å². The highest BCUT2D eigenvalue weighted by Gasteiger charge is 2.08. The summed E-state index contributed by atoms with van der Waals surface area (Å²) in [6.07, 6.45) is 0.565. The zero-order chi connectivity index (χ0) is 14.8. The van der Waals surface area contributed by atoms with Gasteiger partial charge in [-0.3, -0.25) is 0 Å². The van der Waals surface area contributed by atoms with E-state index in [1.165, 1.54) is 6.07 Å². The van der Waals surface area contributed by atoms with Crippen molar-refractivity contribution in [2.24, 2.45) is 0 Å². The van der Waals surface area contributed by atoms with Crippen LogP contribution >= 0.6 is 0 Å². The normalized spacial score (nSPS) is 12.4. The van der Waals surface area contributed by atoms with E-state index in [0.29, 0.717) is 31.4 Å². The van der Waals surface area contributed by atoms with Crippen molar-refractivity contribution >= 4 is 0 Å². The monoisotopic (exact) mass is 288 g/mol. The molecule has 5 heteroatoms. The number of alkyl halides is 1. The molecule has 0 aliphatic rings. The summed E-state index contributed by atoms with van der Waals surface area (Å²) in [4.78, 5) is 0. The first-order valence-electron chi connectivity index (χ1n) is 6.91. The van der Waals surface area contributed by atoms with Crippen LogP contribution in [0.5, 0.6) is 5.75 Å². The van der Waals surface area contributed by atoms with E-state index in [9.17, 15) is 8.78 Å². The molecule has 0 aromatic heterocycles. The SMILES string of the molecule is CCOc1ccc(COCC(F)CCCCO)cc1F. The van der Waals surface area contributed by atoms with Crippen LogP contribution in [0, 0.1) is 5.82 Å². The first-order valence-corrected chi connectivity index (χ1v) is 6.91. The van der Waals surface area contributed by atoms with Gasteiger partial charge in [0.25, 0.3) is 0 Å². The van der Waals surface area contributed by atoms with Crippen LogP contribution in [0.4, 0.5) is 8.78 Å². The molecule has 0 saturated carbocycles. The van der Waals surface area contributed by atoms with Gasteiger partial charge in [-0.2, -0.15) is 0 Å². The second-order valence-corrected chi connectivity index (χ2v) is 4.53. The van der Waals surface area contributed by atoms with Gasteiger partial charge < -0.3 is 14.6 Å². The topological polar surface area (TPSA) is 38.7 Å². The van der Waals surface area contributed by atoms with E-state index in [-0.39, 0.29) is 25.6 Å². The maximum atomic E-state index is 13.6. The van der Waals surface area contributed by atoms with E-state index in [4.69, 9.17) is 14.6 Å². The Morgan fingerprint density at radius 3 is 2.75 bits per heavy atom. The van der Waals surface area contributed by atoms with E-state index in [2.05, 4.69) is 0 Å². The summed E-state index contributed by atoms with van der Waals surface area (Å²) in [6, 6.07) is 4.59. The molecular formula is C15H22F2O3. The Balaban J connectivity index is 2.29. The Hall–Kier alpha value is -1.20. The van der Waals surface area contributed by atoms with Crippen molar-refractivity contribution in [2.75, 3.05) is 19.8 Å². The molecule has 0 aliphatic carbocycles. The molecular weight excluding hydrogens is 266 g/mol. The molecule has 0 amide bonds. The zero-order valence-electron chi connectivity index (χ0n) is 11.8. The third kappa shape index (κ3) is 6.30. The van der Waals surface area contributed by atoms with Crippen LogP contribution in [0.3, 0.4) is 0 Å². The molecule has 0 fully saturated rings. The highest BCUT2D eigenvalue weighted by molar-refractivity contribution is 5.28. The summed E-state index contributed by atoms with van der Waals surface area (Å²) in [5.41, 5.74) is 0.647. The van der Waals surface area contributed by atoms with Gasteiger partial charge in [0, 0.05) is 6.61 Å². The summed E-state index contributed by atoms with van der Waals surface area (Å²) in [7, 11) is 0. The molecule has 1 aromatic carbocycles. The van der Waals surface area contributed by atoms with Crippen LogP contribution in [-0.4, -0.2) is 31.1 Å². The number of rotatable bonds is 10. The van der Waals surface area contributed by atoms with Gasteiger partial charge in [0.2, 0.25) is 0 Å². The van der Waals surface area contributed by atoms with Gasteiger partial charge in [0.15, 0.2) is 11.6 Å². The first kappa shape index (κ1) is 16.9. The summed E-state index contributed by atoms with van der Waals surface area (Å²) in [5, 5.41) is 8.59. The Bertz CT molecular complexity index is 385. The van der Waals surface area contributed by atoms with Gasteiger partial charge in [0.1, 0.15) is 6.17 Å². The molecule has 0 spiro atoms. The lowest BCUT2D eigenvalue weighted by atomic mass is 10.2. The molecule has 20 heavy (non-hydrogen) atoms. The number of benzene rings is 1. The minimum atomic E-state index is -1.05. The summed E-state index contributed by atoms with van der Waals surface area (Å²) < 4.78 is 37.2. The maximum Gasteiger partial charge on any atom is 0.165 e. The van der Waals surface area contributed by atoms with Crippen LogP contribution in [0.1, 0.15) is 31.7 Å². The number of aliphatic hydroxyl groups is 1. The van der Waals surface area contributed by atoms with Crippen molar-refractivity contribution in [3.63, 3.8) is 0 Å². The number of unbranched alkanes of at least 4 members (excludes halogenated alkanes) is 1. The zero-order valence-corrected chi connectivity index (χ0v) is 11.8. The molecule has 3 nitrogen and oxygen atoms in total. The Morgan fingerprint density at radius 1 is 1.30 bits per heavy atom. The quantitative estimate of drug-likeness (QED) is 0.672. The predicted octanol–water partition coefficient (Wildman–Crippen LogP) is 3.24. The average Bonchev–Trinajstić information content (AvgIpc) is 2.42. The first-order chi connectivity index (χ1) is 9.67. The van der Waals surface area contributed by atoms with Crippen molar-refractivity contribution in [1.29, 1.82) is 0 Å². The number of hydrogen-bond donors (Lipinski definition) is 1. The van der Waals surface area contributed by atoms with Crippen molar-refractivity contribution < 1.29 is 23.4 Å². The third-order valence-electron chi connectivity index (χ3n) is 2.79. The Labute approximate surface area is 118 Å². The Morgan fingerprint density at radius 2 is 2.10 bits per heavy atom. The molecule has 1 atom stereocenters. The Kier molecular flexibility index (Phi) is 8.14. The van der Waals surface area contributed by atoms with Crippen molar-refractivity contribution in [3.05, 3.63) is 29.6 Å². The number of halogens is 2. The van der Waals surface area contributed by atoms with Gasteiger partial charge in [-0.05, 0) is 43.9 Å². The molecule has 1 N–H and O–H groups in total. The number of hydrogen-bond acceptors (Lipinski definition) is 3. The fourth-order valence-electron chi connectivity index (χ4n) is 1.77. The van der Waals surface area contributed by atoms with Crippen molar-refractivity contribution in [2.45, 2.75) is 39.0 Å². The summed E-state index contributed by atoms with van der Waals surface area (Å²) in [6.45, 7) is 2.43. The standard InChI is InChI=1S/C15H22F2O3/c1-2-20-15-7-6-12(9-14(15)17)10-19-11-13(16)5-3-4-8-18/h6-7,9,13,18H,2-5,8,10-11H2,1H3. The lowest BCUT2D eigenvalue weighted by molar-refractivity contribution is 0.0648. The second kappa shape index (κ2) is 9.66. The van der Waals surface area contributed by atoms with Crippen LogP contribution < -0.4 is 4.74 Å². The van der Waals surface area contributed by atoms with E-state index < -0.39 is 12.0 Å². The number of ether oxygens (including phenoxy) is 2. The molecule has 1 unspecified atom stereocenters. The van der Waals surface area contributed by atoms with Gasteiger partial charge in [-0.1, -0.05) is 6.07 Å². The predicted molar refractivity (Wildman–Crippen MR) is 73.1 cm³/mol. The van der Waals surface area contributed by atoms with Crippen LogP contribution in [0.25, 0.3) is 0 Å². The molecule has 1 aromatic rings. The van der Waals surface area contributed by atoms with Gasteiger partial charge in [0.05, 0.1) is 19.8 Å². The van der Waals surface area contributed by atoms with Crippen LogP contribution in [-0.2, 0) is 11.3 Å². The van der Waals surface area contributed by atoms with Gasteiger partial charge in [-0.25, -0.2) is 8.78 Å². The molecule has 0 radical (unpaired) electrons. The largest absolute Gasteiger partial charge is 0.491 e. The van der Waals surface area contributed by atoms with E-state index in [1.807, 2.05) is 0 Å². The molecule has 114 valence electrons. The van der Waals surface area contributed by atoms with Crippen molar-refractivity contribution in [3.8, 4) is 5.75 Å². The highest BCUT2D eigenvalue weighted by Crippen LogP contribution is 2.19. The van der Waals surface area contributed by atoms with Gasteiger partial charge in [-0.15, -0.1) is 0 Å².